The van der Waals surface area contributed by atoms with E-state index >= 15 is 0 Å². The second kappa shape index (κ2) is 10.4. The zero-order valence-corrected chi connectivity index (χ0v) is 15.9. The van der Waals surface area contributed by atoms with E-state index in [1.165, 1.54) is 6.07 Å². The van der Waals surface area contributed by atoms with E-state index in [9.17, 15) is 4.39 Å². The first-order chi connectivity index (χ1) is 10.7. The van der Waals surface area contributed by atoms with Crippen LogP contribution in [-0.2, 0) is 13.0 Å². The lowest BCUT2D eigenvalue weighted by Gasteiger charge is -2.12. The Hall–Kier alpha value is -1.34. The Bertz CT molecular complexity index is 649. The highest BCUT2D eigenvalue weighted by Crippen LogP contribution is 2.14. The minimum Gasteiger partial charge on any atom is -0.356 e. The third kappa shape index (κ3) is 6.74. The van der Waals surface area contributed by atoms with E-state index < -0.39 is 0 Å². The van der Waals surface area contributed by atoms with E-state index in [4.69, 9.17) is 11.6 Å². The van der Waals surface area contributed by atoms with Crippen LogP contribution < -0.4 is 10.6 Å². The van der Waals surface area contributed by atoms with Gasteiger partial charge in [-0.1, -0.05) is 41.9 Å². The van der Waals surface area contributed by atoms with Crippen molar-refractivity contribution in [1.82, 2.24) is 10.6 Å². The van der Waals surface area contributed by atoms with Crippen molar-refractivity contribution in [3.05, 3.63) is 70.5 Å². The van der Waals surface area contributed by atoms with E-state index in [0.717, 1.165) is 22.6 Å². The van der Waals surface area contributed by atoms with Crippen LogP contribution in [0.25, 0.3) is 0 Å². The van der Waals surface area contributed by atoms with Crippen molar-refractivity contribution < 1.29 is 4.39 Å². The summed E-state index contributed by atoms with van der Waals surface area (Å²) in [5.41, 5.74) is 1.96. The molecular weight excluding hydrogens is 428 g/mol. The number of hydrogen-bond acceptors (Lipinski definition) is 1. The number of guanidine groups is 1. The highest BCUT2D eigenvalue weighted by Gasteiger charge is 2.02. The fraction of sp³-hybridized carbons (Fsp3) is 0.235. The molecule has 0 aliphatic carbocycles. The molecule has 0 spiro atoms. The number of rotatable bonds is 5. The third-order valence-corrected chi connectivity index (χ3v) is 3.59. The van der Waals surface area contributed by atoms with Gasteiger partial charge in [0.25, 0.3) is 0 Å². The van der Waals surface area contributed by atoms with Crippen molar-refractivity contribution in [2.75, 3.05) is 13.6 Å². The molecule has 0 aliphatic heterocycles. The van der Waals surface area contributed by atoms with Crippen molar-refractivity contribution in [3.8, 4) is 0 Å². The molecule has 0 unspecified atom stereocenters. The van der Waals surface area contributed by atoms with Crippen molar-refractivity contribution in [2.45, 2.75) is 13.0 Å². The number of nitrogens with one attached hydrogen (secondary N) is 2. The fourth-order valence-electron chi connectivity index (χ4n) is 2.06. The van der Waals surface area contributed by atoms with Crippen LogP contribution >= 0.6 is 35.6 Å². The second-order valence-electron chi connectivity index (χ2n) is 4.82. The maximum absolute atomic E-state index is 13.1. The summed E-state index contributed by atoms with van der Waals surface area (Å²) in [4.78, 5) is 4.16. The van der Waals surface area contributed by atoms with Gasteiger partial charge < -0.3 is 10.6 Å². The van der Waals surface area contributed by atoms with Gasteiger partial charge in [0.05, 0.1) is 0 Å². The average Bonchev–Trinajstić information content (AvgIpc) is 2.52. The van der Waals surface area contributed by atoms with Crippen molar-refractivity contribution in [1.29, 1.82) is 0 Å². The van der Waals surface area contributed by atoms with E-state index in [0.29, 0.717) is 19.0 Å². The third-order valence-electron chi connectivity index (χ3n) is 3.22. The summed E-state index contributed by atoms with van der Waals surface area (Å²) in [5.74, 6) is 0.482. The lowest BCUT2D eigenvalue weighted by atomic mass is 10.1. The second-order valence-corrected chi connectivity index (χ2v) is 5.23. The van der Waals surface area contributed by atoms with E-state index in [-0.39, 0.29) is 29.8 Å². The number of nitrogens with zero attached hydrogens (tertiary/aromatic N) is 1. The number of aliphatic imine (C=N–C) groups is 1. The van der Waals surface area contributed by atoms with Gasteiger partial charge in [-0.3, -0.25) is 4.99 Å². The molecule has 2 N–H and O–H groups in total. The predicted molar refractivity (Wildman–Crippen MR) is 105 cm³/mol. The van der Waals surface area contributed by atoms with Crippen LogP contribution in [0.1, 0.15) is 11.1 Å². The van der Waals surface area contributed by atoms with Crippen molar-refractivity contribution in [2.24, 2.45) is 4.99 Å². The van der Waals surface area contributed by atoms with E-state index in [1.54, 1.807) is 19.2 Å². The quantitative estimate of drug-likeness (QED) is 0.413. The highest BCUT2D eigenvalue weighted by molar-refractivity contribution is 14.0. The van der Waals surface area contributed by atoms with Crippen LogP contribution in [0.3, 0.4) is 0 Å². The van der Waals surface area contributed by atoms with Crippen molar-refractivity contribution >= 4 is 41.5 Å². The minimum absolute atomic E-state index is 0. The Labute approximate surface area is 158 Å². The van der Waals surface area contributed by atoms with Gasteiger partial charge in [0.1, 0.15) is 5.82 Å². The van der Waals surface area contributed by atoms with Gasteiger partial charge >= 0.3 is 0 Å². The van der Waals surface area contributed by atoms with Gasteiger partial charge in [0.2, 0.25) is 0 Å². The largest absolute Gasteiger partial charge is 0.356 e. The zero-order valence-electron chi connectivity index (χ0n) is 12.9. The molecule has 0 atom stereocenters. The van der Waals surface area contributed by atoms with Crippen LogP contribution in [0.2, 0.25) is 5.02 Å². The fourth-order valence-corrected chi connectivity index (χ4v) is 2.26. The van der Waals surface area contributed by atoms with Gasteiger partial charge in [0, 0.05) is 25.2 Å². The molecule has 2 aromatic rings. The molecular formula is C17H20ClFIN3. The Balaban J connectivity index is 0.00000264. The van der Waals surface area contributed by atoms with Gasteiger partial charge in [-0.15, -0.1) is 24.0 Å². The molecule has 0 saturated carbocycles. The first kappa shape index (κ1) is 19.7. The summed E-state index contributed by atoms with van der Waals surface area (Å²) in [7, 11) is 1.71. The molecule has 124 valence electrons. The zero-order chi connectivity index (χ0) is 15.8. The SMILES string of the molecule is CN=C(NCCc1cccc(F)c1)NCc1ccccc1Cl.I. The number of benzene rings is 2. The standard InChI is InChI=1S/C17H19ClFN3.HI/c1-20-17(22-12-14-6-2-3-8-16(14)18)21-10-9-13-5-4-7-15(19)11-13;/h2-8,11H,9-10,12H2,1H3,(H2,20,21,22);1H. The lowest BCUT2D eigenvalue weighted by molar-refractivity contribution is 0.625. The minimum atomic E-state index is -0.210. The maximum atomic E-state index is 13.1. The molecule has 0 amide bonds. The molecule has 0 bridgehead atoms. The summed E-state index contributed by atoms with van der Waals surface area (Å²) < 4.78 is 13.1. The van der Waals surface area contributed by atoms with Crippen LogP contribution in [0.5, 0.6) is 0 Å². The lowest BCUT2D eigenvalue weighted by Crippen LogP contribution is -2.37. The summed E-state index contributed by atoms with van der Waals surface area (Å²) in [5, 5.41) is 7.13. The van der Waals surface area contributed by atoms with Crippen LogP contribution in [-0.4, -0.2) is 19.6 Å². The van der Waals surface area contributed by atoms with Crippen LogP contribution in [0.4, 0.5) is 4.39 Å². The number of hydrogen-bond donors (Lipinski definition) is 2. The van der Waals surface area contributed by atoms with Gasteiger partial charge in [-0.05, 0) is 35.7 Å². The molecule has 0 saturated heterocycles. The molecule has 0 radical (unpaired) electrons. The van der Waals surface area contributed by atoms with Gasteiger partial charge in [0.15, 0.2) is 5.96 Å². The Morgan fingerprint density at radius 1 is 1.13 bits per heavy atom. The maximum Gasteiger partial charge on any atom is 0.191 e. The molecule has 0 heterocycles. The first-order valence-electron chi connectivity index (χ1n) is 7.11. The Kier molecular flexibility index (Phi) is 8.94. The van der Waals surface area contributed by atoms with Crippen molar-refractivity contribution in [3.63, 3.8) is 0 Å². The van der Waals surface area contributed by atoms with Crippen LogP contribution in [0.15, 0.2) is 53.5 Å². The van der Waals surface area contributed by atoms with Gasteiger partial charge in [-0.2, -0.15) is 0 Å². The van der Waals surface area contributed by atoms with Gasteiger partial charge in [-0.25, -0.2) is 4.39 Å². The normalized spacial score (nSPS) is 10.8. The molecule has 6 heteroatoms. The predicted octanol–water partition coefficient (Wildman–Crippen LogP) is 4.00. The molecule has 0 aromatic heterocycles. The molecule has 0 fully saturated rings. The molecule has 23 heavy (non-hydrogen) atoms. The number of halogens is 3. The van der Waals surface area contributed by atoms with E-state index in [1.807, 2.05) is 30.3 Å². The summed E-state index contributed by atoms with van der Waals surface area (Å²) in [6, 6.07) is 14.3. The highest BCUT2D eigenvalue weighted by atomic mass is 127. The summed E-state index contributed by atoms with van der Waals surface area (Å²) in [6.07, 6.45) is 0.727. The summed E-state index contributed by atoms with van der Waals surface area (Å²) >= 11 is 6.11. The molecule has 2 aromatic carbocycles. The van der Waals surface area contributed by atoms with E-state index in [2.05, 4.69) is 15.6 Å². The molecule has 3 nitrogen and oxygen atoms in total. The molecule has 2 rings (SSSR count). The summed E-state index contributed by atoms with van der Waals surface area (Å²) in [6.45, 7) is 1.27. The Morgan fingerprint density at radius 2 is 1.91 bits per heavy atom. The average molecular weight is 448 g/mol. The monoisotopic (exact) mass is 447 g/mol. The van der Waals surface area contributed by atoms with Crippen LogP contribution in [0, 0.1) is 5.82 Å². The topological polar surface area (TPSA) is 36.4 Å². The Morgan fingerprint density at radius 3 is 2.61 bits per heavy atom. The first-order valence-corrected chi connectivity index (χ1v) is 7.49. The smallest absolute Gasteiger partial charge is 0.191 e. The molecule has 0 aliphatic rings.